The van der Waals surface area contributed by atoms with Crippen molar-refractivity contribution in [1.29, 1.82) is 0 Å². The molecule has 2 bridgehead atoms. The quantitative estimate of drug-likeness (QED) is 0.172. The predicted molar refractivity (Wildman–Crippen MR) is 192 cm³/mol. The molecule has 3 aliphatic carbocycles. The molecule has 3 aliphatic rings. The summed E-state index contributed by atoms with van der Waals surface area (Å²) in [5.74, 6) is 1.03. The van der Waals surface area contributed by atoms with E-state index in [0.717, 1.165) is 62.8 Å². The van der Waals surface area contributed by atoms with Crippen LogP contribution in [0.2, 0.25) is 0 Å². The standard InChI is InChI=1S/C43H60O3/c1-2-3-7-23-37-32-36(26-27-41(37)44)39-31-34-20-16-24-38(30-34)43(28-14-6-15-29-43)40(42(45)46)25-13-12-22-35(39)21-9-5-4-8-17-33-18-10-11-19-33/h10,12-13,16,18,20,24,26-27,30,32-33,35,39-40,44H,2-9,11,14-15,17,19,21-23,25,28-29,31H2,1H3,(H,45,46). The number of phenolic OH excluding ortho intramolecular Hbond substituents is 1. The van der Waals surface area contributed by atoms with E-state index in [-0.39, 0.29) is 11.3 Å². The number of aliphatic carboxylic acids is 1. The smallest absolute Gasteiger partial charge is 0.307 e. The second-order valence-corrected chi connectivity index (χ2v) is 14.9. The molecule has 0 aromatic heterocycles. The summed E-state index contributed by atoms with van der Waals surface area (Å²) in [6, 6.07) is 15.5. The van der Waals surface area contributed by atoms with Crippen molar-refractivity contribution in [3.05, 3.63) is 89.0 Å². The van der Waals surface area contributed by atoms with Crippen molar-refractivity contribution < 1.29 is 15.0 Å². The van der Waals surface area contributed by atoms with E-state index in [1.54, 1.807) is 0 Å². The third-order valence-corrected chi connectivity index (χ3v) is 11.8. The predicted octanol–water partition coefficient (Wildman–Crippen LogP) is 11.6. The number of rotatable bonds is 13. The monoisotopic (exact) mass is 624 g/mol. The molecule has 3 nitrogen and oxygen atoms in total. The van der Waals surface area contributed by atoms with Crippen LogP contribution in [0.4, 0.5) is 0 Å². The number of unbranched alkanes of at least 4 members (excludes halogenated alkanes) is 5. The number of aryl methyl sites for hydroxylation is 1. The number of phenols is 1. The summed E-state index contributed by atoms with van der Waals surface area (Å²) in [7, 11) is 0. The molecule has 2 aromatic rings. The zero-order chi connectivity index (χ0) is 32.2. The van der Waals surface area contributed by atoms with Crippen molar-refractivity contribution in [2.24, 2.45) is 17.8 Å². The van der Waals surface area contributed by atoms with E-state index >= 15 is 0 Å². The van der Waals surface area contributed by atoms with Gasteiger partial charge < -0.3 is 10.2 Å². The second kappa shape index (κ2) is 17.4. The van der Waals surface area contributed by atoms with Gasteiger partial charge in [0.1, 0.15) is 5.75 Å². The lowest BCUT2D eigenvalue weighted by molar-refractivity contribution is -0.145. The average Bonchev–Trinajstić information content (AvgIpc) is 3.59. The van der Waals surface area contributed by atoms with Crippen LogP contribution in [-0.2, 0) is 23.1 Å². The molecule has 2 aromatic carbocycles. The minimum absolute atomic E-state index is 0.294. The highest BCUT2D eigenvalue weighted by atomic mass is 16.4. The third kappa shape index (κ3) is 8.96. The molecule has 2 N–H and O–H groups in total. The van der Waals surface area contributed by atoms with E-state index < -0.39 is 5.97 Å². The molecule has 4 unspecified atom stereocenters. The van der Waals surface area contributed by atoms with Crippen molar-refractivity contribution in [3.8, 4) is 5.75 Å². The molecule has 0 radical (unpaired) electrons. The maximum atomic E-state index is 12.8. The van der Waals surface area contributed by atoms with Gasteiger partial charge in [-0.1, -0.05) is 125 Å². The molecule has 4 atom stereocenters. The maximum absolute atomic E-state index is 12.8. The van der Waals surface area contributed by atoms with Crippen LogP contribution in [0.3, 0.4) is 0 Å². The Hall–Kier alpha value is -2.81. The van der Waals surface area contributed by atoms with Gasteiger partial charge in [0.05, 0.1) is 5.92 Å². The van der Waals surface area contributed by atoms with Crippen molar-refractivity contribution in [3.63, 3.8) is 0 Å². The summed E-state index contributed by atoms with van der Waals surface area (Å²) < 4.78 is 0. The normalized spacial score (nSPS) is 24.5. The van der Waals surface area contributed by atoms with Crippen LogP contribution < -0.4 is 0 Å². The van der Waals surface area contributed by atoms with Gasteiger partial charge in [-0.2, -0.15) is 0 Å². The van der Waals surface area contributed by atoms with Gasteiger partial charge in [-0.15, -0.1) is 0 Å². The molecular formula is C43H60O3. The second-order valence-electron chi connectivity index (χ2n) is 14.9. The lowest BCUT2D eigenvalue weighted by Gasteiger charge is -2.42. The molecule has 0 saturated heterocycles. The first-order valence-electron chi connectivity index (χ1n) is 19.0. The minimum Gasteiger partial charge on any atom is -0.508 e. The van der Waals surface area contributed by atoms with Gasteiger partial charge in [-0.25, -0.2) is 0 Å². The number of carboxylic acids is 1. The summed E-state index contributed by atoms with van der Waals surface area (Å²) in [6.07, 6.45) is 31.8. The van der Waals surface area contributed by atoms with E-state index in [1.165, 1.54) is 87.3 Å². The van der Waals surface area contributed by atoms with Crippen molar-refractivity contribution >= 4 is 5.97 Å². The van der Waals surface area contributed by atoms with Gasteiger partial charge in [0.2, 0.25) is 0 Å². The molecule has 1 spiro atoms. The highest BCUT2D eigenvalue weighted by Crippen LogP contribution is 2.48. The average molecular weight is 625 g/mol. The lowest BCUT2D eigenvalue weighted by Crippen LogP contribution is -2.41. The largest absolute Gasteiger partial charge is 0.508 e. The van der Waals surface area contributed by atoms with Gasteiger partial charge in [-0.05, 0) is 117 Å². The summed E-state index contributed by atoms with van der Waals surface area (Å²) in [4.78, 5) is 12.8. The van der Waals surface area contributed by atoms with Gasteiger partial charge >= 0.3 is 5.97 Å². The molecule has 3 heteroatoms. The Balaban J connectivity index is 1.43. The molecule has 250 valence electrons. The highest BCUT2D eigenvalue weighted by Gasteiger charge is 2.44. The fourth-order valence-corrected chi connectivity index (χ4v) is 9.09. The molecular weight excluding hydrogens is 564 g/mol. The van der Waals surface area contributed by atoms with E-state index in [9.17, 15) is 15.0 Å². The number of carboxylic acid groups (broad SMARTS) is 1. The van der Waals surface area contributed by atoms with Crippen molar-refractivity contribution in [2.75, 3.05) is 0 Å². The molecule has 0 amide bonds. The molecule has 0 heterocycles. The van der Waals surface area contributed by atoms with E-state index in [1.807, 2.05) is 6.07 Å². The number of benzene rings is 2. The maximum Gasteiger partial charge on any atom is 0.307 e. The summed E-state index contributed by atoms with van der Waals surface area (Å²) in [5, 5.41) is 21.4. The van der Waals surface area contributed by atoms with Crippen LogP contribution in [0.15, 0.2) is 66.8 Å². The Morgan fingerprint density at radius 3 is 2.43 bits per heavy atom. The van der Waals surface area contributed by atoms with Crippen LogP contribution in [0.1, 0.15) is 151 Å². The number of carbonyl (C=O) groups is 1. The van der Waals surface area contributed by atoms with Crippen LogP contribution in [0, 0.1) is 17.8 Å². The summed E-state index contributed by atoms with van der Waals surface area (Å²) in [5.41, 5.74) is 4.72. The van der Waals surface area contributed by atoms with Crippen molar-refractivity contribution in [1.82, 2.24) is 0 Å². The van der Waals surface area contributed by atoms with Crippen LogP contribution in [0.5, 0.6) is 5.75 Å². The van der Waals surface area contributed by atoms with Crippen LogP contribution in [0.25, 0.3) is 0 Å². The van der Waals surface area contributed by atoms with Gasteiger partial charge in [0, 0.05) is 5.41 Å². The molecule has 1 fully saturated rings. The van der Waals surface area contributed by atoms with Gasteiger partial charge in [-0.3, -0.25) is 4.79 Å². The first-order chi connectivity index (χ1) is 22.5. The number of allylic oxidation sites excluding steroid dienone is 4. The summed E-state index contributed by atoms with van der Waals surface area (Å²) >= 11 is 0. The number of aromatic hydroxyl groups is 1. The number of fused-ring (bicyclic) bond motifs is 3. The number of hydrogen-bond donors (Lipinski definition) is 2. The zero-order valence-electron chi connectivity index (χ0n) is 28.6. The summed E-state index contributed by atoms with van der Waals surface area (Å²) in [6.45, 7) is 2.23. The third-order valence-electron chi connectivity index (χ3n) is 11.8. The Bertz CT molecular complexity index is 1300. The molecule has 0 aliphatic heterocycles. The molecule has 1 saturated carbocycles. The van der Waals surface area contributed by atoms with Crippen LogP contribution >= 0.6 is 0 Å². The van der Waals surface area contributed by atoms with E-state index in [2.05, 4.69) is 67.6 Å². The Kier molecular flexibility index (Phi) is 13.0. The Morgan fingerprint density at radius 2 is 1.67 bits per heavy atom. The van der Waals surface area contributed by atoms with Crippen molar-refractivity contribution in [2.45, 2.75) is 147 Å². The van der Waals surface area contributed by atoms with Gasteiger partial charge in [0.25, 0.3) is 0 Å². The number of hydrogen-bond acceptors (Lipinski definition) is 2. The minimum atomic E-state index is -0.642. The molecule has 46 heavy (non-hydrogen) atoms. The lowest BCUT2D eigenvalue weighted by atomic mass is 9.60. The Labute approximate surface area is 279 Å². The Morgan fingerprint density at radius 1 is 0.870 bits per heavy atom. The zero-order valence-corrected chi connectivity index (χ0v) is 28.6. The van der Waals surface area contributed by atoms with Crippen LogP contribution in [-0.4, -0.2) is 16.2 Å². The first-order valence-corrected chi connectivity index (χ1v) is 19.0. The SMILES string of the molecule is CCCCCc1cc(C2Cc3cccc(c3)C3(CCCCC3)C(C(=O)O)CC=CCC2CCCCCCC2C=CCC2)ccc1O. The van der Waals surface area contributed by atoms with E-state index in [4.69, 9.17) is 0 Å². The van der Waals surface area contributed by atoms with E-state index in [0.29, 0.717) is 24.0 Å². The van der Waals surface area contributed by atoms with Gasteiger partial charge in [0.15, 0.2) is 0 Å². The molecule has 5 rings (SSSR count). The highest BCUT2D eigenvalue weighted by molar-refractivity contribution is 5.73. The fourth-order valence-electron chi connectivity index (χ4n) is 9.09. The first kappa shape index (κ1) is 34.5. The fraction of sp³-hybridized carbons (Fsp3) is 0.605. The topological polar surface area (TPSA) is 57.5 Å².